The van der Waals surface area contributed by atoms with E-state index in [4.69, 9.17) is 0 Å². The van der Waals surface area contributed by atoms with Crippen LogP contribution >= 0.6 is 0 Å². The molecule has 1 amide bonds. The fourth-order valence-electron chi connectivity index (χ4n) is 1.94. The van der Waals surface area contributed by atoms with Crippen LogP contribution in [0.1, 0.15) is 6.42 Å². The number of aryl methyl sites for hydroxylation is 1. The number of rotatable bonds is 5. The van der Waals surface area contributed by atoms with Crippen LogP contribution in [0.3, 0.4) is 0 Å². The van der Waals surface area contributed by atoms with E-state index in [-0.39, 0.29) is 18.9 Å². The van der Waals surface area contributed by atoms with Gasteiger partial charge in [-0.25, -0.2) is 4.39 Å². The van der Waals surface area contributed by atoms with Gasteiger partial charge in [0.05, 0.1) is 6.54 Å². The molecule has 0 aliphatic carbocycles. The number of nitrogens with zero attached hydrogens (tertiary/aromatic N) is 5. The van der Waals surface area contributed by atoms with Crippen LogP contribution in [-0.2, 0) is 11.3 Å². The summed E-state index contributed by atoms with van der Waals surface area (Å²) >= 11 is 0. The number of nitrogens with one attached hydrogen (secondary N) is 1. The van der Waals surface area contributed by atoms with E-state index in [2.05, 4.69) is 25.7 Å². The molecule has 23 heavy (non-hydrogen) atoms. The molecule has 0 saturated carbocycles. The molecule has 8 heteroatoms. The molecule has 0 radical (unpaired) electrons. The summed E-state index contributed by atoms with van der Waals surface area (Å²) in [7, 11) is 0. The van der Waals surface area contributed by atoms with E-state index >= 15 is 0 Å². The summed E-state index contributed by atoms with van der Waals surface area (Å²) in [5.41, 5.74) is 1.17. The standard InChI is InChI=1S/C15H13FN6O/c16-12-4-1-5-13(9-12)18-14(23)6-8-22-20-15(19-21-22)11-3-2-7-17-10-11/h1-5,7,9-10H,6,8H2,(H,18,23). The molecule has 0 aliphatic heterocycles. The lowest BCUT2D eigenvalue weighted by atomic mass is 10.3. The highest BCUT2D eigenvalue weighted by Crippen LogP contribution is 2.11. The third-order valence-electron chi connectivity index (χ3n) is 3.02. The van der Waals surface area contributed by atoms with E-state index < -0.39 is 5.82 Å². The van der Waals surface area contributed by atoms with Crippen LogP contribution in [0.4, 0.5) is 10.1 Å². The van der Waals surface area contributed by atoms with Gasteiger partial charge in [0.1, 0.15) is 5.82 Å². The molecular formula is C15H13FN6O. The SMILES string of the molecule is O=C(CCn1nnc(-c2cccnc2)n1)Nc1cccc(F)c1. The molecule has 1 N–H and O–H groups in total. The van der Waals surface area contributed by atoms with Gasteiger partial charge in [-0.1, -0.05) is 6.07 Å². The summed E-state index contributed by atoms with van der Waals surface area (Å²) in [5.74, 6) is -0.207. The fourth-order valence-corrected chi connectivity index (χ4v) is 1.94. The second-order valence-electron chi connectivity index (χ2n) is 4.76. The Morgan fingerprint density at radius 3 is 2.96 bits per heavy atom. The Labute approximate surface area is 131 Å². The Kier molecular flexibility index (Phi) is 4.32. The Morgan fingerprint density at radius 1 is 1.26 bits per heavy atom. The minimum Gasteiger partial charge on any atom is -0.326 e. The number of halogens is 1. The molecule has 0 saturated heterocycles. The van der Waals surface area contributed by atoms with Crippen molar-refractivity contribution in [1.29, 1.82) is 0 Å². The number of tetrazole rings is 1. The van der Waals surface area contributed by atoms with Gasteiger partial charge in [0.2, 0.25) is 11.7 Å². The van der Waals surface area contributed by atoms with Crippen molar-refractivity contribution >= 4 is 11.6 Å². The molecule has 7 nitrogen and oxygen atoms in total. The highest BCUT2D eigenvalue weighted by molar-refractivity contribution is 5.90. The van der Waals surface area contributed by atoms with Crippen LogP contribution < -0.4 is 5.32 Å². The van der Waals surface area contributed by atoms with Gasteiger partial charge >= 0.3 is 0 Å². The molecule has 0 unspecified atom stereocenters. The molecule has 3 aromatic rings. The number of hydrogen-bond acceptors (Lipinski definition) is 5. The van der Waals surface area contributed by atoms with Gasteiger partial charge in [0.15, 0.2) is 0 Å². The topological polar surface area (TPSA) is 85.6 Å². The first-order valence-corrected chi connectivity index (χ1v) is 6.94. The van der Waals surface area contributed by atoms with Gasteiger partial charge in [-0.15, -0.1) is 10.2 Å². The van der Waals surface area contributed by atoms with E-state index in [0.29, 0.717) is 11.5 Å². The molecule has 0 spiro atoms. The first-order valence-electron chi connectivity index (χ1n) is 6.94. The lowest BCUT2D eigenvalue weighted by molar-refractivity contribution is -0.116. The number of hydrogen-bond donors (Lipinski definition) is 1. The average Bonchev–Trinajstić information content (AvgIpc) is 3.03. The van der Waals surface area contributed by atoms with Crippen LogP contribution in [0.2, 0.25) is 0 Å². The Hall–Kier alpha value is -3.16. The number of aromatic nitrogens is 5. The van der Waals surface area contributed by atoms with Gasteiger partial charge in [0, 0.05) is 30.1 Å². The van der Waals surface area contributed by atoms with Gasteiger partial charge in [-0.2, -0.15) is 4.80 Å². The Morgan fingerprint density at radius 2 is 2.17 bits per heavy atom. The van der Waals surface area contributed by atoms with E-state index in [9.17, 15) is 9.18 Å². The summed E-state index contributed by atoms with van der Waals surface area (Å²) in [4.78, 5) is 17.2. The number of carbonyl (C=O) groups excluding carboxylic acids is 1. The van der Waals surface area contributed by atoms with Crippen molar-refractivity contribution in [2.24, 2.45) is 0 Å². The number of carbonyl (C=O) groups is 1. The molecule has 0 aliphatic rings. The van der Waals surface area contributed by atoms with Crippen molar-refractivity contribution in [2.45, 2.75) is 13.0 Å². The van der Waals surface area contributed by atoms with E-state index in [1.165, 1.54) is 23.0 Å². The summed E-state index contributed by atoms with van der Waals surface area (Å²) in [6.07, 6.45) is 3.45. The van der Waals surface area contributed by atoms with Gasteiger partial charge in [-0.05, 0) is 35.5 Å². The predicted molar refractivity (Wildman–Crippen MR) is 80.7 cm³/mol. The molecule has 3 rings (SSSR count). The van der Waals surface area contributed by atoms with Crippen molar-refractivity contribution in [2.75, 3.05) is 5.32 Å². The Bertz CT molecular complexity index is 804. The second kappa shape index (κ2) is 6.73. The molecule has 2 aromatic heterocycles. The average molecular weight is 312 g/mol. The maximum absolute atomic E-state index is 13.0. The van der Waals surface area contributed by atoms with Crippen molar-refractivity contribution in [3.05, 3.63) is 54.6 Å². The van der Waals surface area contributed by atoms with Crippen LogP contribution in [-0.4, -0.2) is 31.1 Å². The first-order chi connectivity index (χ1) is 11.2. The molecule has 1 aromatic carbocycles. The number of amides is 1. The number of anilines is 1. The normalized spacial score (nSPS) is 10.5. The van der Waals surface area contributed by atoms with Crippen molar-refractivity contribution in [3.8, 4) is 11.4 Å². The third-order valence-corrected chi connectivity index (χ3v) is 3.02. The second-order valence-corrected chi connectivity index (χ2v) is 4.76. The summed E-state index contributed by atoms with van der Waals surface area (Å²) < 4.78 is 13.0. The zero-order valence-electron chi connectivity index (χ0n) is 12.1. The minimum absolute atomic E-state index is 0.152. The molecule has 0 fully saturated rings. The maximum atomic E-state index is 13.0. The zero-order chi connectivity index (χ0) is 16.1. The summed E-state index contributed by atoms with van der Waals surface area (Å²) in [6.45, 7) is 0.272. The van der Waals surface area contributed by atoms with Crippen molar-refractivity contribution in [3.63, 3.8) is 0 Å². The highest BCUT2D eigenvalue weighted by Gasteiger charge is 2.08. The monoisotopic (exact) mass is 312 g/mol. The highest BCUT2D eigenvalue weighted by atomic mass is 19.1. The minimum atomic E-state index is -0.401. The molecular weight excluding hydrogens is 299 g/mol. The van der Waals surface area contributed by atoms with E-state index in [1.54, 1.807) is 24.5 Å². The van der Waals surface area contributed by atoms with Crippen LogP contribution in [0.15, 0.2) is 48.8 Å². The fraction of sp³-hybridized carbons (Fsp3) is 0.133. The van der Waals surface area contributed by atoms with Crippen LogP contribution in [0.25, 0.3) is 11.4 Å². The molecule has 0 atom stereocenters. The molecule has 0 bridgehead atoms. The third kappa shape index (κ3) is 3.94. The summed E-state index contributed by atoms with van der Waals surface area (Å²) in [5, 5.41) is 14.6. The van der Waals surface area contributed by atoms with Crippen molar-refractivity contribution in [1.82, 2.24) is 25.2 Å². The van der Waals surface area contributed by atoms with Gasteiger partial charge in [0.25, 0.3) is 0 Å². The van der Waals surface area contributed by atoms with Crippen LogP contribution in [0, 0.1) is 5.82 Å². The zero-order valence-corrected chi connectivity index (χ0v) is 12.1. The smallest absolute Gasteiger partial charge is 0.226 e. The number of pyridine rings is 1. The van der Waals surface area contributed by atoms with E-state index in [0.717, 1.165) is 5.56 Å². The quantitative estimate of drug-likeness (QED) is 0.777. The lowest BCUT2D eigenvalue weighted by Gasteiger charge is -2.04. The van der Waals surface area contributed by atoms with Crippen LogP contribution in [0.5, 0.6) is 0 Å². The molecule has 2 heterocycles. The predicted octanol–water partition coefficient (Wildman–Crippen LogP) is 1.90. The maximum Gasteiger partial charge on any atom is 0.226 e. The summed E-state index contributed by atoms with van der Waals surface area (Å²) in [6, 6.07) is 9.33. The van der Waals surface area contributed by atoms with E-state index in [1.807, 2.05) is 6.07 Å². The first kappa shape index (κ1) is 14.8. The Balaban J connectivity index is 1.56. The van der Waals surface area contributed by atoms with Gasteiger partial charge < -0.3 is 5.32 Å². The van der Waals surface area contributed by atoms with Crippen molar-refractivity contribution < 1.29 is 9.18 Å². The van der Waals surface area contributed by atoms with Gasteiger partial charge in [-0.3, -0.25) is 9.78 Å². The number of benzene rings is 1. The molecule has 116 valence electrons. The largest absolute Gasteiger partial charge is 0.326 e. The lowest BCUT2D eigenvalue weighted by Crippen LogP contribution is -2.15.